The molecule has 3 nitrogen and oxygen atoms in total. The summed E-state index contributed by atoms with van der Waals surface area (Å²) >= 11 is 5.92. The molecule has 5 heteroatoms. The fraction of sp³-hybridized carbons (Fsp3) is 0.412. The zero-order valence-electron chi connectivity index (χ0n) is 12.4. The molecule has 0 saturated heterocycles. The number of amides is 1. The van der Waals surface area contributed by atoms with Gasteiger partial charge in [-0.15, -0.1) is 0 Å². The molecule has 1 saturated carbocycles. The van der Waals surface area contributed by atoms with Crippen molar-refractivity contribution >= 4 is 23.6 Å². The first-order valence-electron chi connectivity index (χ1n) is 7.39. The van der Waals surface area contributed by atoms with Crippen LogP contribution < -0.4 is 5.32 Å². The van der Waals surface area contributed by atoms with Crippen molar-refractivity contribution in [1.82, 2.24) is 5.32 Å². The van der Waals surface area contributed by atoms with Crippen molar-refractivity contribution in [2.45, 2.75) is 38.6 Å². The number of carbonyl (C=O) groups is 1. The zero-order valence-corrected chi connectivity index (χ0v) is 13.2. The second-order valence-electron chi connectivity index (χ2n) is 5.65. The number of rotatable bonds is 3. The molecule has 2 atom stereocenters. The normalized spacial score (nSPS) is 22.0. The maximum absolute atomic E-state index is 13.8. The van der Waals surface area contributed by atoms with Crippen LogP contribution in [0, 0.1) is 23.1 Å². The molecule has 1 fully saturated rings. The van der Waals surface area contributed by atoms with Crippen molar-refractivity contribution in [3.05, 3.63) is 40.2 Å². The highest BCUT2D eigenvalue weighted by atomic mass is 35.5. The molecule has 1 aliphatic carbocycles. The van der Waals surface area contributed by atoms with Crippen LogP contribution in [0.25, 0.3) is 6.08 Å². The molecule has 1 N–H and O–H groups in total. The lowest BCUT2D eigenvalue weighted by molar-refractivity contribution is -0.118. The molecule has 22 heavy (non-hydrogen) atoms. The van der Waals surface area contributed by atoms with Crippen molar-refractivity contribution in [2.75, 3.05) is 0 Å². The number of benzene rings is 1. The van der Waals surface area contributed by atoms with E-state index >= 15 is 0 Å². The Morgan fingerprint density at radius 1 is 1.45 bits per heavy atom. The third-order valence-electron chi connectivity index (χ3n) is 4.08. The Hall–Kier alpha value is -1.86. The molecule has 0 heterocycles. The fourth-order valence-corrected chi connectivity index (χ4v) is 2.94. The Kier molecular flexibility index (Phi) is 5.57. The highest BCUT2D eigenvalue weighted by molar-refractivity contribution is 6.32. The van der Waals surface area contributed by atoms with Gasteiger partial charge in [-0.1, -0.05) is 37.4 Å². The minimum Gasteiger partial charge on any atom is -0.348 e. The fourth-order valence-electron chi connectivity index (χ4n) is 2.72. The molecule has 2 rings (SSSR count). The standard InChI is InChI=1S/C17H18ClFN2O/c1-11-5-2-3-8-16(11)21-17(22)12(10-20)9-13-14(18)6-4-7-15(13)19/h4,6-7,9,11,16H,2-3,5,8H2,1H3,(H,21,22)/b12-9+/t11-,16-/m1/s1. The lowest BCUT2D eigenvalue weighted by atomic mass is 9.86. The average Bonchev–Trinajstić information content (AvgIpc) is 2.49. The van der Waals surface area contributed by atoms with Gasteiger partial charge in [0.05, 0.1) is 5.02 Å². The smallest absolute Gasteiger partial charge is 0.262 e. The van der Waals surface area contributed by atoms with Gasteiger partial charge in [-0.05, 0) is 37.0 Å². The van der Waals surface area contributed by atoms with Crippen LogP contribution in [0.5, 0.6) is 0 Å². The van der Waals surface area contributed by atoms with Crippen LogP contribution in [0.2, 0.25) is 5.02 Å². The molecular weight excluding hydrogens is 303 g/mol. The molecule has 0 bridgehead atoms. The number of hydrogen-bond acceptors (Lipinski definition) is 2. The zero-order chi connectivity index (χ0) is 16.1. The molecule has 1 aliphatic rings. The van der Waals surface area contributed by atoms with E-state index in [2.05, 4.69) is 12.2 Å². The summed E-state index contributed by atoms with van der Waals surface area (Å²) in [4.78, 5) is 12.2. The van der Waals surface area contributed by atoms with Crippen LogP contribution in [-0.2, 0) is 4.79 Å². The van der Waals surface area contributed by atoms with Crippen LogP contribution in [0.15, 0.2) is 23.8 Å². The van der Waals surface area contributed by atoms with Crippen LogP contribution in [0.4, 0.5) is 4.39 Å². The largest absolute Gasteiger partial charge is 0.348 e. The lowest BCUT2D eigenvalue weighted by Crippen LogP contribution is -2.41. The van der Waals surface area contributed by atoms with Crippen molar-refractivity contribution in [3.63, 3.8) is 0 Å². The molecule has 0 radical (unpaired) electrons. The molecule has 116 valence electrons. The van der Waals surface area contributed by atoms with E-state index in [1.165, 1.54) is 30.7 Å². The Morgan fingerprint density at radius 2 is 2.18 bits per heavy atom. The summed E-state index contributed by atoms with van der Waals surface area (Å²) < 4.78 is 13.8. The molecule has 1 aromatic carbocycles. The van der Waals surface area contributed by atoms with E-state index in [1.54, 1.807) is 0 Å². The van der Waals surface area contributed by atoms with Crippen molar-refractivity contribution < 1.29 is 9.18 Å². The van der Waals surface area contributed by atoms with Crippen molar-refractivity contribution in [3.8, 4) is 6.07 Å². The van der Waals surface area contributed by atoms with Crippen LogP contribution >= 0.6 is 11.6 Å². The number of nitriles is 1. The van der Waals surface area contributed by atoms with Crippen LogP contribution in [-0.4, -0.2) is 11.9 Å². The molecule has 0 aromatic heterocycles. The van der Waals surface area contributed by atoms with Gasteiger partial charge in [-0.3, -0.25) is 4.79 Å². The third kappa shape index (κ3) is 3.86. The second kappa shape index (κ2) is 7.42. The average molecular weight is 321 g/mol. The van der Waals surface area contributed by atoms with E-state index in [4.69, 9.17) is 11.6 Å². The van der Waals surface area contributed by atoms with Gasteiger partial charge in [-0.2, -0.15) is 5.26 Å². The summed E-state index contributed by atoms with van der Waals surface area (Å²) in [5, 5.41) is 12.2. The van der Waals surface area contributed by atoms with Gasteiger partial charge in [0, 0.05) is 11.6 Å². The third-order valence-corrected chi connectivity index (χ3v) is 4.41. The van der Waals surface area contributed by atoms with E-state index in [9.17, 15) is 14.4 Å². The Bertz CT molecular complexity index is 616. The molecule has 1 amide bonds. The summed E-state index contributed by atoms with van der Waals surface area (Å²) in [6.45, 7) is 2.09. The molecule has 0 aliphatic heterocycles. The SMILES string of the molecule is C[C@@H]1CCCC[C@H]1NC(=O)/C(C#N)=C/c1c(F)cccc1Cl. The van der Waals surface area contributed by atoms with E-state index in [1.807, 2.05) is 6.07 Å². The van der Waals surface area contributed by atoms with Crippen LogP contribution in [0.3, 0.4) is 0 Å². The van der Waals surface area contributed by atoms with Gasteiger partial charge in [0.15, 0.2) is 0 Å². The lowest BCUT2D eigenvalue weighted by Gasteiger charge is -2.29. The number of halogens is 2. The topological polar surface area (TPSA) is 52.9 Å². The summed E-state index contributed by atoms with van der Waals surface area (Å²) in [5.41, 5.74) is -0.0719. The minimum atomic E-state index is -0.556. The van der Waals surface area contributed by atoms with E-state index in [0.29, 0.717) is 5.92 Å². The predicted octanol–water partition coefficient (Wildman–Crippen LogP) is 4.08. The van der Waals surface area contributed by atoms with Gasteiger partial charge in [-0.25, -0.2) is 4.39 Å². The Balaban J connectivity index is 2.19. The summed E-state index contributed by atoms with van der Waals surface area (Å²) in [5.74, 6) is -0.644. The highest BCUT2D eigenvalue weighted by Gasteiger charge is 2.24. The van der Waals surface area contributed by atoms with E-state index in [0.717, 1.165) is 19.3 Å². The van der Waals surface area contributed by atoms with Gasteiger partial charge >= 0.3 is 0 Å². The quantitative estimate of drug-likeness (QED) is 0.674. The van der Waals surface area contributed by atoms with Gasteiger partial charge < -0.3 is 5.32 Å². The number of carbonyl (C=O) groups excluding carboxylic acids is 1. The first kappa shape index (κ1) is 16.5. The summed E-state index contributed by atoms with van der Waals surface area (Å²) in [6, 6.07) is 6.14. The first-order chi connectivity index (χ1) is 10.5. The first-order valence-corrected chi connectivity index (χ1v) is 7.77. The van der Waals surface area contributed by atoms with Crippen molar-refractivity contribution in [1.29, 1.82) is 5.26 Å². The van der Waals surface area contributed by atoms with E-state index in [-0.39, 0.29) is 22.2 Å². The van der Waals surface area contributed by atoms with Gasteiger partial charge in [0.25, 0.3) is 5.91 Å². The predicted molar refractivity (Wildman–Crippen MR) is 84.6 cm³/mol. The molecule has 0 unspecified atom stereocenters. The number of nitrogens with one attached hydrogen (secondary N) is 1. The summed E-state index contributed by atoms with van der Waals surface area (Å²) in [7, 11) is 0. The summed E-state index contributed by atoms with van der Waals surface area (Å²) in [6.07, 6.45) is 5.42. The Morgan fingerprint density at radius 3 is 2.82 bits per heavy atom. The maximum Gasteiger partial charge on any atom is 0.262 e. The monoisotopic (exact) mass is 320 g/mol. The Labute approximate surface area is 134 Å². The number of hydrogen-bond donors (Lipinski definition) is 1. The number of nitrogens with zero attached hydrogens (tertiary/aromatic N) is 1. The second-order valence-corrected chi connectivity index (χ2v) is 6.05. The minimum absolute atomic E-state index is 0.0626. The van der Waals surface area contributed by atoms with E-state index < -0.39 is 11.7 Å². The van der Waals surface area contributed by atoms with Crippen molar-refractivity contribution in [2.24, 2.45) is 5.92 Å². The van der Waals surface area contributed by atoms with Gasteiger partial charge in [0.1, 0.15) is 17.5 Å². The molecular formula is C17H18ClFN2O. The molecule has 1 aromatic rings. The van der Waals surface area contributed by atoms with Gasteiger partial charge in [0.2, 0.25) is 0 Å². The van der Waals surface area contributed by atoms with Crippen LogP contribution in [0.1, 0.15) is 38.2 Å². The highest BCUT2D eigenvalue weighted by Crippen LogP contribution is 2.25. The molecule has 0 spiro atoms. The maximum atomic E-state index is 13.8.